The Morgan fingerprint density at radius 1 is 1.21 bits per heavy atom. The maximum Gasteiger partial charge on any atom is 0.239 e. The fraction of sp³-hybridized carbons (Fsp3) is 0.412. The van der Waals surface area contributed by atoms with Crippen molar-refractivity contribution in [1.29, 1.82) is 5.26 Å². The normalized spacial score (nSPS) is 14.7. The molecule has 1 heterocycles. The molecule has 0 aromatic heterocycles. The summed E-state index contributed by atoms with van der Waals surface area (Å²) >= 11 is 0. The van der Waals surface area contributed by atoms with Gasteiger partial charge in [-0.3, -0.25) is 14.4 Å². The highest BCUT2D eigenvalue weighted by Gasteiger charge is 2.40. The average molecular weight is 328 g/mol. The third kappa shape index (κ3) is 3.54. The van der Waals surface area contributed by atoms with Crippen LogP contribution in [0.1, 0.15) is 19.4 Å². The van der Waals surface area contributed by atoms with Crippen LogP contribution in [0.5, 0.6) is 0 Å². The lowest BCUT2D eigenvalue weighted by molar-refractivity contribution is -0.148. The molecule has 1 aromatic rings. The van der Waals surface area contributed by atoms with Crippen LogP contribution in [-0.4, -0.2) is 54.2 Å². The topological polar surface area (TPSA) is 93.5 Å². The Kier molecular flexibility index (Phi) is 5.19. The lowest BCUT2D eigenvalue weighted by Gasteiger charge is -2.36. The molecule has 7 heteroatoms. The van der Waals surface area contributed by atoms with Crippen LogP contribution >= 0.6 is 0 Å². The van der Waals surface area contributed by atoms with E-state index in [4.69, 9.17) is 5.26 Å². The average Bonchev–Trinajstić information content (AvgIpc) is 2.61. The van der Waals surface area contributed by atoms with Crippen molar-refractivity contribution in [3.63, 3.8) is 0 Å². The van der Waals surface area contributed by atoms with Gasteiger partial charge in [0, 0.05) is 26.2 Å². The highest BCUT2D eigenvalue weighted by atomic mass is 16.2. The number of nitrogens with one attached hydrogen (secondary N) is 1. The van der Waals surface area contributed by atoms with Crippen LogP contribution in [0.25, 0.3) is 0 Å². The van der Waals surface area contributed by atoms with Gasteiger partial charge in [0.25, 0.3) is 0 Å². The molecule has 1 aliphatic rings. The first kappa shape index (κ1) is 17.5. The quantitative estimate of drug-likeness (QED) is 0.654. The molecule has 0 unspecified atom stereocenters. The molecule has 126 valence electrons. The first-order chi connectivity index (χ1) is 11.4. The maximum atomic E-state index is 12.7. The molecule has 0 radical (unpaired) electrons. The Morgan fingerprint density at radius 3 is 2.42 bits per heavy atom. The summed E-state index contributed by atoms with van der Waals surface area (Å²) in [5.74, 6) is -0.756. The van der Waals surface area contributed by atoms with Gasteiger partial charge in [-0.15, -0.1) is 0 Å². The minimum Gasteiger partial charge on any atom is -0.342 e. The molecule has 0 spiro atoms. The van der Waals surface area contributed by atoms with Gasteiger partial charge in [-0.2, -0.15) is 5.26 Å². The van der Waals surface area contributed by atoms with Gasteiger partial charge in [0.15, 0.2) is 0 Å². The zero-order valence-corrected chi connectivity index (χ0v) is 13.8. The van der Waals surface area contributed by atoms with Crippen LogP contribution < -0.4 is 5.32 Å². The van der Waals surface area contributed by atoms with Crippen LogP contribution in [-0.2, 0) is 14.4 Å². The van der Waals surface area contributed by atoms with Gasteiger partial charge in [-0.1, -0.05) is 12.1 Å². The van der Waals surface area contributed by atoms with E-state index in [1.165, 1.54) is 0 Å². The molecular weight excluding hydrogens is 308 g/mol. The number of nitriles is 1. The minimum absolute atomic E-state index is 0.292. The van der Waals surface area contributed by atoms with E-state index in [2.05, 4.69) is 5.32 Å². The summed E-state index contributed by atoms with van der Waals surface area (Å²) in [4.78, 5) is 39.2. The zero-order chi connectivity index (χ0) is 17.7. The SMILES string of the molecule is CC(C)(C(=O)Nc1ccccc1C#N)C(=O)N1CCN(C=O)CC1. The third-order valence-electron chi connectivity index (χ3n) is 4.15. The molecule has 24 heavy (non-hydrogen) atoms. The summed E-state index contributed by atoms with van der Waals surface area (Å²) in [6, 6.07) is 8.65. The molecule has 7 nitrogen and oxygen atoms in total. The minimum atomic E-state index is -1.27. The molecule has 1 saturated heterocycles. The van der Waals surface area contributed by atoms with Crippen LogP contribution in [0.2, 0.25) is 0 Å². The third-order valence-corrected chi connectivity index (χ3v) is 4.15. The second-order valence-corrected chi connectivity index (χ2v) is 6.17. The molecule has 2 rings (SSSR count). The molecule has 0 atom stereocenters. The van der Waals surface area contributed by atoms with Crippen molar-refractivity contribution in [3.05, 3.63) is 29.8 Å². The number of carbonyl (C=O) groups excluding carboxylic acids is 3. The largest absolute Gasteiger partial charge is 0.342 e. The fourth-order valence-corrected chi connectivity index (χ4v) is 2.49. The number of para-hydroxylation sites is 1. The van der Waals surface area contributed by atoms with Crippen LogP contribution in [0, 0.1) is 16.7 Å². The number of carbonyl (C=O) groups is 3. The van der Waals surface area contributed by atoms with E-state index >= 15 is 0 Å². The van der Waals surface area contributed by atoms with Crippen LogP contribution in [0.3, 0.4) is 0 Å². The van der Waals surface area contributed by atoms with Crippen molar-refractivity contribution >= 4 is 23.9 Å². The molecule has 0 aliphatic carbocycles. The first-order valence-electron chi connectivity index (χ1n) is 7.69. The Balaban J connectivity index is 2.08. The second-order valence-electron chi connectivity index (χ2n) is 6.17. The van der Waals surface area contributed by atoms with Gasteiger partial charge in [-0.25, -0.2) is 0 Å². The lowest BCUT2D eigenvalue weighted by atomic mass is 9.89. The summed E-state index contributed by atoms with van der Waals surface area (Å²) in [5.41, 5.74) is -0.545. The van der Waals surface area contributed by atoms with E-state index < -0.39 is 11.3 Å². The van der Waals surface area contributed by atoms with E-state index in [1.54, 1.807) is 47.9 Å². The number of anilines is 1. The number of hydrogen-bond acceptors (Lipinski definition) is 4. The maximum absolute atomic E-state index is 12.7. The number of hydrogen-bond donors (Lipinski definition) is 1. The van der Waals surface area contributed by atoms with E-state index in [0.29, 0.717) is 37.4 Å². The molecule has 1 aliphatic heterocycles. The lowest BCUT2D eigenvalue weighted by Crippen LogP contribution is -2.54. The zero-order valence-electron chi connectivity index (χ0n) is 13.8. The van der Waals surface area contributed by atoms with Gasteiger partial charge >= 0.3 is 0 Å². The smallest absolute Gasteiger partial charge is 0.239 e. The van der Waals surface area contributed by atoms with E-state index in [9.17, 15) is 14.4 Å². The number of rotatable bonds is 4. The summed E-state index contributed by atoms with van der Waals surface area (Å²) in [5, 5.41) is 11.8. The van der Waals surface area contributed by atoms with Gasteiger partial charge < -0.3 is 15.1 Å². The monoisotopic (exact) mass is 328 g/mol. The number of amides is 3. The molecule has 1 fully saturated rings. The predicted molar refractivity (Wildman–Crippen MR) is 87.8 cm³/mol. The standard InChI is InChI=1S/C17H20N4O3/c1-17(2,16(24)21-9-7-20(12-22)8-10-21)15(23)19-14-6-4-3-5-13(14)11-18/h3-6,12H,7-10H2,1-2H3,(H,19,23). The van der Waals surface area contributed by atoms with Crippen molar-refractivity contribution in [1.82, 2.24) is 9.80 Å². The van der Waals surface area contributed by atoms with Crippen molar-refractivity contribution < 1.29 is 14.4 Å². The van der Waals surface area contributed by atoms with Crippen molar-refractivity contribution in [2.75, 3.05) is 31.5 Å². The summed E-state index contributed by atoms with van der Waals surface area (Å²) in [7, 11) is 0. The number of nitrogens with zero attached hydrogens (tertiary/aromatic N) is 3. The highest BCUT2D eigenvalue weighted by molar-refractivity contribution is 6.10. The van der Waals surface area contributed by atoms with Crippen molar-refractivity contribution in [2.24, 2.45) is 5.41 Å². The van der Waals surface area contributed by atoms with Gasteiger partial charge in [-0.05, 0) is 26.0 Å². The van der Waals surface area contributed by atoms with Gasteiger partial charge in [0.2, 0.25) is 18.2 Å². The molecule has 0 saturated carbocycles. The Labute approximate surface area is 140 Å². The molecular formula is C17H20N4O3. The predicted octanol–water partition coefficient (Wildman–Crippen LogP) is 0.824. The Hall–Kier alpha value is -2.88. The summed E-state index contributed by atoms with van der Waals surface area (Å²) < 4.78 is 0. The van der Waals surface area contributed by atoms with E-state index in [1.807, 2.05) is 6.07 Å². The molecule has 3 amide bonds. The first-order valence-corrected chi connectivity index (χ1v) is 7.69. The van der Waals surface area contributed by atoms with Gasteiger partial charge in [0.1, 0.15) is 11.5 Å². The highest BCUT2D eigenvalue weighted by Crippen LogP contribution is 2.24. The van der Waals surface area contributed by atoms with Crippen LogP contribution in [0.15, 0.2) is 24.3 Å². The molecule has 0 bridgehead atoms. The Bertz CT molecular complexity index is 685. The van der Waals surface area contributed by atoms with Crippen LogP contribution in [0.4, 0.5) is 5.69 Å². The van der Waals surface area contributed by atoms with Crippen molar-refractivity contribution in [3.8, 4) is 6.07 Å². The summed E-state index contributed by atoms with van der Waals surface area (Å²) in [6.07, 6.45) is 0.762. The Morgan fingerprint density at radius 2 is 1.83 bits per heavy atom. The second kappa shape index (κ2) is 7.13. The van der Waals surface area contributed by atoms with Crippen molar-refractivity contribution in [2.45, 2.75) is 13.8 Å². The van der Waals surface area contributed by atoms with E-state index in [-0.39, 0.29) is 5.91 Å². The summed E-state index contributed by atoms with van der Waals surface area (Å²) in [6.45, 7) is 4.86. The molecule has 1 N–H and O–H groups in total. The number of piperazine rings is 1. The molecule has 1 aromatic carbocycles. The van der Waals surface area contributed by atoms with Gasteiger partial charge in [0.05, 0.1) is 11.3 Å². The fourth-order valence-electron chi connectivity index (χ4n) is 2.49. The number of benzene rings is 1. The van der Waals surface area contributed by atoms with E-state index in [0.717, 1.165) is 6.41 Å².